The number of fused-ring (bicyclic) bond motifs is 1. The molecule has 0 unspecified atom stereocenters. The summed E-state index contributed by atoms with van der Waals surface area (Å²) in [6.07, 6.45) is 4.62. The van der Waals surface area contributed by atoms with E-state index in [9.17, 15) is 0 Å². The molecule has 1 saturated carbocycles. The highest BCUT2D eigenvalue weighted by atomic mass is 35.5. The van der Waals surface area contributed by atoms with Crippen LogP contribution in [-0.4, -0.2) is 42.4 Å². The monoisotopic (exact) mass is 269 g/mol. The first-order chi connectivity index (χ1) is 8.79. The quantitative estimate of drug-likeness (QED) is 0.900. The molecule has 0 spiro atoms. The SMILES string of the molecule is COC[C@H]1[C@@H](Nc2ncc(Cl)cn2)[C@H]2CCO[C@H]21. The minimum atomic E-state index is 0.328. The maximum absolute atomic E-state index is 5.77. The van der Waals surface area contributed by atoms with Gasteiger partial charge < -0.3 is 14.8 Å². The van der Waals surface area contributed by atoms with E-state index in [2.05, 4.69) is 15.3 Å². The molecule has 1 saturated heterocycles. The Labute approximate surface area is 111 Å². The lowest BCUT2D eigenvalue weighted by atomic mass is 9.67. The second-order valence-corrected chi connectivity index (χ2v) is 5.24. The zero-order chi connectivity index (χ0) is 12.5. The maximum atomic E-state index is 5.77. The molecule has 0 aromatic carbocycles. The first-order valence-electron chi connectivity index (χ1n) is 6.14. The van der Waals surface area contributed by atoms with E-state index in [0.717, 1.165) is 13.0 Å². The van der Waals surface area contributed by atoms with Gasteiger partial charge in [-0.3, -0.25) is 0 Å². The highest BCUT2D eigenvalue weighted by Crippen LogP contribution is 2.44. The van der Waals surface area contributed by atoms with E-state index >= 15 is 0 Å². The van der Waals surface area contributed by atoms with Gasteiger partial charge in [-0.15, -0.1) is 0 Å². The minimum Gasteiger partial charge on any atom is -0.384 e. The largest absolute Gasteiger partial charge is 0.384 e. The van der Waals surface area contributed by atoms with E-state index < -0.39 is 0 Å². The van der Waals surface area contributed by atoms with Crippen molar-refractivity contribution in [3.63, 3.8) is 0 Å². The van der Waals surface area contributed by atoms with Crippen molar-refractivity contribution in [2.24, 2.45) is 11.8 Å². The summed E-state index contributed by atoms with van der Waals surface area (Å²) in [5.41, 5.74) is 0. The summed E-state index contributed by atoms with van der Waals surface area (Å²) in [6, 6.07) is 0.332. The average molecular weight is 270 g/mol. The Hall–Kier alpha value is -0.910. The fourth-order valence-electron chi connectivity index (χ4n) is 2.97. The fraction of sp³-hybridized carbons (Fsp3) is 0.667. The van der Waals surface area contributed by atoms with Gasteiger partial charge in [0.1, 0.15) is 0 Å². The van der Waals surface area contributed by atoms with Crippen LogP contribution >= 0.6 is 11.6 Å². The summed E-state index contributed by atoms with van der Waals surface area (Å²) in [6.45, 7) is 1.54. The Morgan fingerprint density at radius 2 is 2.28 bits per heavy atom. The van der Waals surface area contributed by atoms with Gasteiger partial charge in [-0.25, -0.2) is 9.97 Å². The molecule has 1 aromatic heterocycles. The van der Waals surface area contributed by atoms with Crippen LogP contribution in [0.5, 0.6) is 0 Å². The number of rotatable bonds is 4. The first kappa shape index (κ1) is 12.1. The summed E-state index contributed by atoms with van der Waals surface area (Å²) < 4.78 is 11.0. The van der Waals surface area contributed by atoms with Crippen molar-refractivity contribution >= 4 is 17.5 Å². The number of halogens is 1. The van der Waals surface area contributed by atoms with E-state index in [0.29, 0.717) is 41.6 Å². The minimum absolute atomic E-state index is 0.328. The smallest absolute Gasteiger partial charge is 0.222 e. The Bertz CT molecular complexity index is 414. The molecular formula is C12H16ClN3O2. The zero-order valence-corrected chi connectivity index (χ0v) is 10.9. The Balaban J connectivity index is 1.69. The Morgan fingerprint density at radius 1 is 1.50 bits per heavy atom. The van der Waals surface area contributed by atoms with Crippen LogP contribution in [0.3, 0.4) is 0 Å². The number of nitrogens with one attached hydrogen (secondary N) is 1. The number of hydrogen-bond donors (Lipinski definition) is 1. The van der Waals surface area contributed by atoms with E-state index in [1.165, 1.54) is 0 Å². The second kappa shape index (κ2) is 4.99. The highest BCUT2D eigenvalue weighted by molar-refractivity contribution is 6.30. The van der Waals surface area contributed by atoms with Gasteiger partial charge >= 0.3 is 0 Å². The predicted molar refractivity (Wildman–Crippen MR) is 67.7 cm³/mol. The van der Waals surface area contributed by atoms with E-state index in [1.54, 1.807) is 19.5 Å². The van der Waals surface area contributed by atoms with Crippen molar-refractivity contribution in [1.29, 1.82) is 0 Å². The molecular weight excluding hydrogens is 254 g/mol. The van der Waals surface area contributed by atoms with Crippen LogP contribution in [0.2, 0.25) is 5.02 Å². The van der Waals surface area contributed by atoms with Crippen LogP contribution in [0.1, 0.15) is 6.42 Å². The Kier molecular flexibility index (Phi) is 3.37. The van der Waals surface area contributed by atoms with Crippen LogP contribution in [0.25, 0.3) is 0 Å². The molecule has 1 aromatic rings. The molecule has 0 amide bonds. The van der Waals surface area contributed by atoms with E-state index in [1.807, 2.05) is 0 Å². The van der Waals surface area contributed by atoms with Crippen molar-refractivity contribution in [1.82, 2.24) is 9.97 Å². The van der Waals surface area contributed by atoms with Gasteiger partial charge in [0.25, 0.3) is 0 Å². The third-order valence-corrected chi connectivity index (χ3v) is 4.00. The average Bonchev–Trinajstić information content (AvgIpc) is 2.80. The van der Waals surface area contributed by atoms with Crippen LogP contribution in [-0.2, 0) is 9.47 Å². The third kappa shape index (κ3) is 2.06. The molecule has 3 rings (SSSR count). The summed E-state index contributed by atoms with van der Waals surface area (Å²) >= 11 is 5.77. The molecule has 2 heterocycles. The van der Waals surface area contributed by atoms with Crippen LogP contribution in [0.4, 0.5) is 5.95 Å². The topological polar surface area (TPSA) is 56.3 Å². The predicted octanol–water partition coefficient (Wildman–Crippen LogP) is 1.59. The van der Waals surface area contributed by atoms with Gasteiger partial charge in [0.15, 0.2) is 0 Å². The van der Waals surface area contributed by atoms with E-state index in [4.69, 9.17) is 21.1 Å². The zero-order valence-electron chi connectivity index (χ0n) is 10.2. The molecule has 18 heavy (non-hydrogen) atoms. The lowest BCUT2D eigenvalue weighted by Crippen LogP contribution is -2.58. The summed E-state index contributed by atoms with van der Waals surface area (Å²) in [4.78, 5) is 8.35. The van der Waals surface area contributed by atoms with Crippen LogP contribution < -0.4 is 5.32 Å². The van der Waals surface area contributed by atoms with Crippen molar-refractivity contribution in [3.05, 3.63) is 17.4 Å². The normalized spacial score (nSPS) is 33.9. The van der Waals surface area contributed by atoms with Gasteiger partial charge in [-0.05, 0) is 6.42 Å². The van der Waals surface area contributed by atoms with Crippen LogP contribution in [0, 0.1) is 11.8 Å². The number of hydrogen-bond acceptors (Lipinski definition) is 5. The third-order valence-electron chi connectivity index (χ3n) is 3.80. The molecule has 1 N–H and O–H groups in total. The molecule has 5 nitrogen and oxygen atoms in total. The van der Waals surface area contributed by atoms with Crippen molar-refractivity contribution < 1.29 is 9.47 Å². The van der Waals surface area contributed by atoms with Gasteiger partial charge in [0.2, 0.25) is 5.95 Å². The molecule has 0 radical (unpaired) electrons. The van der Waals surface area contributed by atoms with Gasteiger partial charge in [-0.1, -0.05) is 11.6 Å². The van der Waals surface area contributed by atoms with Crippen molar-refractivity contribution in [3.8, 4) is 0 Å². The number of anilines is 1. The molecule has 0 bridgehead atoms. The lowest BCUT2D eigenvalue weighted by Gasteiger charge is -2.47. The molecule has 1 aliphatic heterocycles. The molecule has 4 atom stereocenters. The summed E-state index contributed by atoms with van der Waals surface area (Å²) in [5, 5.41) is 3.92. The first-order valence-corrected chi connectivity index (χ1v) is 6.52. The molecule has 6 heteroatoms. The number of aromatic nitrogens is 2. The fourth-order valence-corrected chi connectivity index (χ4v) is 3.07. The second-order valence-electron chi connectivity index (χ2n) is 4.80. The van der Waals surface area contributed by atoms with Gasteiger partial charge in [0.05, 0.1) is 30.1 Å². The standard InChI is InChI=1S/C12H16ClN3O2/c1-17-6-9-10(8-2-3-18-11(8)9)16-12-14-4-7(13)5-15-12/h4-5,8-11H,2-3,6H2,1H3,(H,14,15,16)/t8-,9+,10+,11-/m1/s1. The molecule has 1 aliphatic carbocycles. The Morgan fingerprint density at radius 3 is 3.00 bits per heavy atom. The van der Waals surface area contributed by atoms with E-state index in [-0.39, 0.29) is 0 Å². The molecule has 2 aliphatic rings. The maximum Gasteiger partial charge on any atom is 0.222 e. The molecule has 2 fully saturated rings. The number of ether oxygens (including phenoxy) is 2. The number of methoxy groups -OCH3 is 1. The van der Waals surface area contributed by atoms with Gasteiger partial charge in [-0.2, -0.15) is 0 Å². The van der Waals surface area contributed by atoms with Crippen molar-refractivity contribution in [2.75, 3.05) is 25.6 Å². The summed E-state index contributed by atoms with van der Waals surface area (Å²) in [7, 11) is 1.72. The van der Waals surface area contributed by atoms with Crippen LogP contribution in [0.15, 0.2) is 12.4 Å². The molecule has 98 valence electrons. The lowest BCUT2D eigenvalue weighted by molar-refractivity contribution is -0.0668. The van der Waals surface area contributed by atoms with Crippen molar-refractivity contribution in [2.45, 2.75) is 18.6 Å². The van der Waals surface area contributed by atoms with Gasteiger partial charge in [0, 0.05) is 31.6 Å². The number of nitrogens with zero attached hydrogens (tertiary/aromatic N) is 2. The summed E-state index contributed by atoms with van der Waals surface area (Å²) in [5.74, 6) is 1.54. The highest BCUT2D eigenvalue weighted by Gasteiger charge is 2.53.